The average Bonchev–Trinajstić information content (AvgIpc) is 2.88. The number of rotatable bonds is 2. The summed E-state index contributed by atoms with van der Waals surface area (Å²) < 4.78 is 18.3. The largest absolute Gasteiger partial charge is 0.381 e. The van der Waals surface area contributed by atoms with Crippen LogP contribution in [0.5, 0.6) is 0 Å². The lowest BCUT2D eigenvalue weighted by atomic mass is 9.89. The Morgan fingerprint density at radius 2 is 1.60 bits per heavy atom. The molecule has 2 aliphatic heterocycles. The van der Waals surface area contributed by atoms with Crippen molar-refractivity contribution in [3.05, 3.63) is 35.6 Å². The van der Waals surface area contributed by atoms with E-state index in [1.807, 2.05) is 0 Å². The zero-order valence-electron chi connectivity index (χ0n) is 14.2. The number of carbonyl (C=O) groups is 2. The summed E-state index contributed by atoms with van der Waals surface area (Å²) in [7, 11) is 0. The third-order valence-corrected chi connectivity index (χ3v) is 4.97. The molecule has 2 aliphatic rings. The number of carbonyl (C=O) groups excluding carboxylic acids is 2. The van der Waals surface area contributed by atoms with Gasteiger partial charge in [0.05, 0.1) is 5.54 Å². The Morgan fingerprint density at radius 3 is 2.28 bits per heavy atom. The Kier molecular flexibility index (Phi) is 5.34. The van der Waals surface area contributed by atoms with E-state index in [-0.39, 0.29) is 17.6 Å². The molecular formula is C18H24FN3O3. The van der Waals surface area contributed by atoms with Gasteiger partial charge in [0.15, 0.2) is 0 Å². The molecule has 0 radical (unpaired) electrons. The Morgan fingerprint density at radius 1 is 1.00 bits per heavy atom. The number of ether oxygens (including phenoxy) is 1. The highest BCUT2D eigenvalue weighted by Crippen LogP contribution is 2.21. The smallest absolute Gasteiger partial charge is 0.253 e. The SMILES string of the molecule is NC1(C(=O)N2CCCN(C(=O)c3ccc(F)cc3)CC2)CCOCC1. The van der Waals surface area contributed by atoms with Crippen molar-refractivity contribution in [3.63, 3.8) is 0 Å². The monoisotopic (exact) mass is 349 g/mol. The van der Waals surface area contributed by atoms with E-state index in [0.717, 1.165) is 0 Å². The van der Waals surface area contributed by atoms with Gasteiger partial charge in [0.25, 0.3) is 5.91 Å². The van der Waals surface area contributed by atoms with Crippen LogP contribution in [0.4, 0.5) is 4.39 Å². The fourth-order valence-corrected chi connectivity index (χ4v) is 3.36. The number of halogens is 1. The molecule has 0 saturated carbocycles. The number of hydrogen-bond donors (Lipinski definition) is 1. The molecule has 136 valence electrons. The van der Waals surface area contributed by atoms with Gasteiger partial charge in [-0.05, 0) is 43.5 Å². The van der Waals surface area contributed by atoms with Gasteiger partial charge in [0.2, 0.25) is 5.91 Å². The quantitative estimate of drug-likeness (QED) is 0.865. The summed E-state index contributed by atoms with van der Waals surface area (Å²) >= 11 is 0. The highest BCUT2D eigenvalue weighted by molar-refractivity contribution is 5.94. The predicted molar refractivity (Wildman–Crippen MR) is 90.5 cm³/mol. The third kappa shape index (κ3) is 3.99. The maximum atomic E-state index is 13.0. The van der Waals surface area contributed by atoms with Crippen molar-refractivity contribution < 1.29 is 18.7 Å². The van der Waals surface area contributed by atoms with E-state index in [2.05, 4.69) is 0 Å². The third-order valence-electron chi connectivity index (χ3n) is 4.97. The minimum Gasteiger partial charge on any atom is -0.381 e. The van der Waals surface area contributed by atoms with E-state index >= 15 is 0 Å². The predicted octanol–water partition coefficient (Wildman–Crippen LogP) is 1.01. The molecule has 0 aliphatic carbocycles. The van der Waals surface area contributed by atoms with Crippen molar-refractivity contribution in [1.29, 1.82) is 0 Å². The lowest BCUT2D eigenvalue weighted by molar-refractivity contribution is -0.140. The van der Waals surface area contributed by atoms with Crippen molar-refractivity contribution in [2.45, 2.75) is 24.8 Å². The fourth-order valence-electron chi connectivity index (χ4n) is 3.36. The number of nitrogens with zero attached hydrogens (tertiary/aromatic N) is 2. The first-order valence-electron chi connectivity index (χ1n) is 8.70. The summed E-state index contributed by atoms with van der Waals surface area (Å²) in [4.78, 5) is 28.9. The number of amides is 2. The molecule has 2 heterocycles. The molecule has 0 spiro atoms. The van der Waals surface area contributed by atoms with Gasteiger partial charge >= 0.3 is 0 Å². The molecule has 0 aromatic heterocycles. The molecule has 2 saturated heterocycles. The average molecular weight is 349 g/mol. The summed E-state index contributed by atoms with van der Waals surface area (Å²) in [6.07, 6.45) is 1.76. The first kappa shape index (κ1) is 17.8. The van der Waals surface area contributed by atoms with Crippen molar-refractivity contribution >= 4 is 11.8 Å². The van der Waals surface area contributed by atoms with Crippen LogP contribution in [-0.2, 0) is 9.53 Å². The summed E-state index contributed by atoms with van der Waals surface area (Å²) in [6, 6.07) is 5.54. The second kappa shape index (κ2) is 7.49. The van der Waals surface area contributed by atoms with Crippen LogP contribution in [0.3, 0.4) is 0 Å². The molecule has 0 atom stereocenters. The van der Waals surface area contributed by atoms with E-state index in [9.17, 15) is 14.0 Å². The van der Waals surface area contributed by atoms with Crippen LogP contribution in [0.25, 0.3) is 0 Å². The first-order valence-corrected chi connectivity index (χ1v) is 8.70. The molecule has 0 bridgehead atoms. The maximum absolute atomic E-state index is 13.0. The Labute approximate surface area is 146 Å². The molecule has 0 unspecified atom stereocenters. The molecule has 6 nitrogen and oxygen atoms in total. The van der Waals surface area contributed by atoms with Gasteiger partial charge in [-0.1, -0.05) is 0 Å². The fraction of sp³-hybridized carbons (Fsp3) is 0.556. The highest BCUT2D eigenvalue weighted by atomic mass is 19.1. The van der Waals surface area contributed by atoms with Gasteiger partial charge in [-0.15, -0.1) is 0 Å². The van der Waals surface area contributed by atoms with Crippen molar-refractivity contribution in [2.75, 3.05) is 39.4 Å². The molecule has 2 N–H and O–H groups in total. The van der Waals surface area contributed by atoms with Crippen molar-refractivity contribution in [2.24, 2.45) is 5.73 Å². The van der Waals surface area contributed by atoms with Crippen LogP contribution in [0.1, 0.15) is 29.6 Å². The summed E-state index contributed by atoms with van der Waals surface area (Å²) in [5.41, 5.74) is 5.90. The lowest BCUT2D eigenvalue weighted by Crippen LogP contribution is -2.58. The Hall–Kier alpha value is -1.99. The maximum Gasteiger partial charge on any atom is 0.253 e. The van der Waals surface area contributed by atoms with Gasteiger partial charge in [-0.2, -0.15) is 0 Å². The zero-order chi connectivity index (χ0) is 17.9. The normalized spacial score (nSPS) is 20.9. The van der Waals surface area contributed by atoms with Crippen LogP contribution in [0.2, 0.25) is 0 Å². The highest BCUT2D eigenvalue weighted by Gasteiger charge is 2.39. The van der Waals surface area contributed by atoms with Gasteiger partial charge in [0, 0.05) is 45.0 Å². The molecule has 3 rings (SSSR count). The molecule has 7 heteroatoms. The second-order valence-corrected chi connectivity index (χ2v) is 6.71. The Bertz CT molecular complexity index is 629. The molecular weight excluding hydrogens is 325 g/mol. The van der Waals surface area contributed by atoms with Crippen LogP contribution in [-0.4, -0.2) is 66.5 Å². The van der Waals surface area contributed by atoms with E-state index in [4.69, 9.17) is 10.5 Å². The van der Waals surface area contributed by atoms with E-state index in [1.165, 1.54) is 24.3 Å². The second-order valence-electron chi connectivity index (χ2n) is 6.71. The van der Waals surface area contributed by atoms with Crippen LogP contribution >= 0.6 is 0 Å². The molecule has 2 amide bonds. The standard InChI is InChI=1S/C18H24FN3O3/c19-15-4-2-14(3-5-15)16(23)21-8-1-9-22(11-10-21)17(24)18(20)6-12-25-13-7-18/h2-5H,1,6-13,20H2. The number of nitrogens with two attached hydrogens (primary N) is 1. The minimum atomic E-state index is -0.853. The molecule has 1 aromatic carbocycles. The van der Waals surface area contributed by atoms with Crippen LogP contribution in [0.15, 0.2) is 24.3 Å². The van der Waals surface area contributed by atoms with Crippen LogP contribution < -0.4 is 5.73 Å². The summed E-state index contributed by atoms with van der Waals surface area (Å²) in [5, 5.41) is 0. The van der Waals surface area contributed by atoms with Crippen molar-refractivity contribution in [1.82, 2.24) is 9.80 Å². The van der Waals surface area contributed by atoms with Gasteiger partial charge in [-0.3, -0.25) is 9.59 Å². The summed E-state index contributed by atoms with van der Waals surface area (Å²) in [6.45, 7) is 3.09. The molecule has 1 aromatic rings. The van der Waals surface area contributed by atoms with E-state index < -0.39 is 5.54 Å². The zero-order valence-corrected chi connectivity index (χ0v) is 14.2. The number of benzene rings is 1. The lowest BCUT2D eigenvalue weighted by Gasteiger charge is -2.36. The first-order chi connectivity index (χ1) is 12.0. The number of hydrogen-bond acceptors (Lipinski definition) is 4. The summed E-state index contributed by atoms with van der Waals surface area (Å²) in [5.74, 6) is -0.552. The van der Waals surface area contributed by atoms with Crippen molar-refractivity contribution in [3.8, 4) is 0 Å². The van der Waals surface area contributed by atoms with Gasteiger partial charge < -0.3 is 20.3 Å². The van der Waals surface area contributed by atoms with Gasteiger partial charge in [0.1, 0.15) is 5.82 Å². The molecule has 2 fully saturated rings. The van der Waals surface area contributed by atoms with E-state index in [0.29, 0.717) is 64.2 Å². The van der Waals surface area contributed by atoms with Crippen LogP contribution in [0, 0.1) is 5.82 Å². The Balaban J connectivity index is 1.63. The topological polar surface area (TPSA) is 75.9 Å². The molecule has 25 heavy (non-hydrogen) atoms. The minimum absolute atomic E-state index is 0.0492. The van der Waals surface area contributed by atoms with Gasteiger partial charge in [-0.25, -0.2) is 4.39 Å². The van der Waals surface area contributed by atoms with E-state index in [1.54, 1.807) is 9.80 Å².